The van der Waals surface area contributed by atoms with Crippen LogP contribution >= 0.6 is 11.8 Å². The van der Waals surface area contributed by atoms with E-state index >= 15 is 0 Å². The first-order chi connectivity index (χ1) is 12.3. The molecule has 2 fully saturated rings. The van der Waals surface area contributed by atoms with Gasteiger partial charge in [0.25, 0.3) is 5.91 Å². The van der Waals surface area contributed by atoms with Gasteiger partial charge in [0.05, 0.1) is 11.9 Å². The number of hydrogen-bond acceptors (Lipinski definition) is 5. The average molecular weight is 357 g/mol. The van der Waals surface area contributed by atoms with Crippen LogP contribution in [0.15, 0.2) is 36.5 Å². The van der Waals surface area contributed by atoms with E-state index in [2.05, 4.69) is 27.0 Å². The monoisotopic (exact) mass is 357 g/mol. The van der Waals surface area contributed by atoms with E-state index in [0.29, 0.717) is 11.7 Å². The molecule has 0 radical (unpaired) electrons. The van der Waals surface area contributed by atoms with Crippen LogP contribution < -0.4 is 0 Å². The molecule has 6 nitrogen and oxygen atoms in total. The molecule has 0 unspecified atom stereocenters. The fourth-order valence-electron chi connectivity index (χ4n) is 3.57. The van der Waals surface area contributed by atoms with Crippen molar-refractivity contribution < 1.29 is 4.79 Å². The summed E-state index contributed by atoms with van der Waals surface area (Å²) in [5.41, 5.74) is 1.33. The minimum Gasteiger partial charge on any atom is -0.335 e. The summed E-state index contributed by atoms with van der Waals surface area (Å²) in [7, 11) is 0. The highest BCUT2D eigenvalue weighted by atomic mass is 32.2. The minimum absolute atomic E-state index is 0.0129. The SMILES string of the molecule is O=C(c1cn(-c2ccccc2)nn1)N1CCN(C2CCSCC2)CC1. The van der Waals surface area contributed by atoms with Gasteiger partial charge in [0.15, 0.2) is 5.69 Å². The van der Waals surface area contributed by atoms with Gasteiger partial charge in [0, 0.05) is 32.2 Å². The molecule has 1 aromatic carbocycles. The molecule has 0 atom stereocenters. The van der Waals surface area contributed by atoms with Gasteiger partial charge in [-0.25, -0.2) is 4.68 Å². The van der Waals surface area contributed by atoms with E-state index < -0.39 is 0 Å². The Hall–Kier alpha value is -1.86. The Kier molecular flexibility index (Phi) is 5.03. The maximum absolute atomic E-state index is 12.7. The summed E-state index contributed by atoms with van der Waals surface area (Å²) in [5.74, 6) is 2.53. The fraction of sp³-hybridized carbons (Fsp3) is 0.500. The van der Waals surface area contributed by atoms with Crippen molar-refractivity contribution in [1.29, 1.82) is 0 Å². The molecule has 132 valence electrons. The molecule has 0 aliphatic carbocycles. The predicted molar refractivity (Wildman–Crippen MR) is 99.2 cm³/mol. The normalized spacial score (nSPS) is 19.9. The van der Waals surface area contributed by atoms with Gasteiger partial charge in [-0.1, -0.05) is 23.4 Å². The number of nitrogens with zero attached hydrogens (tertiary/aromatic N) is 5. The fourth-order valence-corrected chi connectivity index (χ4v) is 4.65. The van der Waals surface area contributed by atoms with Gasteiger partial charge < -0.3 is 4.90 Å². The number of carbonyl (C=O) groups is 1. The zero-order valence-electron chi connectivity index (χ0n) is 14.3. The molecule has 2 aliphatic rings. The second-order valence-corrected chi connectivity index (χ2v) is 7.78. The average Bonchev–Trinajstić information content (AvgIpc) is 3.19. The second kappa shape index (κ2) is 7.58. The molecular formula is C18H23N5OS. The quantitative estimate of drug-likeness (QED) is 0.840. The molecule has 3 heterocycles. The van der Waals surface area contributed by atoms with Gasteiger partial charge >= 0.3 is 0 Å². The minimum atomic E-state index is -0.0129. The Morgan fingerprint density at radius 3 is 2.48 bits per heavy atom. The number of para-hydroxylation sites is 1. The first-order valence-corrected chi connectivity index (χ1v) is 10.1. The van der Waals surface area contributed by atoms with Crippen molar-refractivity contribution in [3.8, 4) is 5.69 Å². The second-order valence-electron chi connectivity index (χ2n) is 6.56. The van der Waals surface area contributed by atoms with Crippen LogP contribution in [0.4, 0.5) is 0 Å². The molecule has 2 aliphatic heterocycles. The summed E-state index contributed by atoms with van der Waals surface area (Å²) in [5, 5.41) is 8.18. The van der Waals surface area contributed by atoms with Crippen LogP contribution in [-0.2, 0) is 0 Å². The van der Waals surface area contributed by atoms with Crippen molar-refractivity contribution in [3.63, 3.8) is 0 Å². The maximum Gasteiger partial charge on any atom is 0.276 e. The molecule has 0 N–H and O–H groups in total. The molecular weight excluding hydrogens is 334 g/mol. The maximum atomic E-state index is 12.7. The van der Waals surface area contributed by atoms with Crippen LogP contribution in [0.2, 0.25) is 0 Å². The molecule has 4 rings (SSSR count). The van der Waals surface area contributed by atoms with Crippen molar-refractivity contribution in [2.45, 2.75) is 18.9 Å². The van der Waals surface area contributed by atoms with Gasteiger partial charge in [-0.05, 0) is 36.5 Å². The van der Waals surface area contributed by atoms with E-state index in [1.807, 2.05) is 35.2 Å². The van der Waals surface area contributed by atoms with E-state index in [9.17, 15) is 4.79 Å². The van der Waals surface area contributed by atoms with Crippen molar-refractivity contribution in [1.82, 2.24) is 24.8 Å². The van der Waals surface area contributed by atoms with Crippen LogP contribution in [0.5, 0.6) is 0 Å². The van der Waals surface area contributed by atoms with Crippen molar-refractivity contribution >= 4 is 17.7 Å². The number of aromatic nitrogens is 3. The smallest absolute Gasteiger partial charge is 0.276 e. The number of hydrogen-bond donors (Lipinski definition) is 0. The van der Waals surface area contributed by atoms with Crippen LogP contribution in [0.3, 0.4) is 0 Å². The number of rotatable bonds is 3. The molecule has 25 heavy (non-hydrogen) atoms. The van der Waals surface area contributed by atoms with Gasteiger partial charge in [-0.15, -0.1) is 5.10 Å². The highest BCUT2D eigenvalue weighted by Gasteiger charge is 2.28. The predicted octanol–water partition coefficient (Wildman–Crippen LogP) is 1.92. The van der Waals surface area contributed by atoms with Gasteiger partial charge in [0.2, 0.25) is 0 Å². The number of piperazine rings is 1. The number of amides is 1. The number of thioether (sulfide) groups is 1. The Bertz CT molecular complexity index is 705. The summed E-state index contributed by atoms with van der Waals surface area (Å²) in [4.78, 5) is 17.2. The lowest BCUT2D eigenvalue weighted by atomic mass is 10.1. The van der Waals surface area contributed by atoms with Crippen LogP contribution in [-0.4, -0.2) is 74.4 Å². The number of benzene rings is 1. The third-order valence-electron chi connectivity index (χ3n) is 5.04. The lowest BCUT2D eigenvalue weighted by Gasteiger charge is -2.40. The van der Waals surface area contributed by atoms with Crippen LogP contribution in [0.25, 0.3) is 5.69 Å². The summed E-state index contributed by atoms with van der Waals surface area (Å²) in [6, 6.07) is 10.5. The van der Waals surface area contributed by atoms with Crippen molar-refractivity contribution in [2.24, 2.45) is 0 Å². The molecule has 7 heteroatoms. The zero-order chi connectivity index (χ0) is 17.1. The van der Waals surface area contributed by atoms with E-state index in [1.165, 1.54) is 24.3 Å². The third kappa shape index (κ3) is 3.72. The topological polar surface area (TPSA) is 54.3 Å². The first kappa shape index (κ1) is 16.6. The highest BCUT2D eigenvalue weighted by molar-refractivity contribution is 7.99. The van der Waals surface area contributed by atoms with Crippen LogP contribution in [0, 0.1) is 0 Å². The Balaban J connectivity index is 1.37. The Morgan fingerprint density at radius 2 is 1.76 bits per heavy atom. The zero-order valence-corrected chi connectivity index (χ0v) is 15.1. The van der Waals surface area contributed by atoms with E-state index in [4.69, 9.17) is 0 Å². The number of carbonyl (C=O) groups excluding carboxylic acids is 1. The lowest BCUT2D eigenvalue weighted by Crippen LogP contribution is -2.52. The molecule has 2 aromatic rings. The van der Waals surface area contributed by atoms with E-state index in [0.717, 1.165) is 31.9 Å². The summed E-state index contributed by atoms with van der Waals surface area (Å²) < 4.78 is 1.66. The molecule has 2 saturated heterocycles. The van der Waals surface area contributed by atoms with Gasteiger partial charge in [-0.2, -0.15) is 11.8 Å². The standard InChI is InChI=1S/C18H23N5OS/c24-18(17-14-23(20-19-17)16-4-2-1-3-5-16)22-10-8-21(9-11-22)15-6-12-25-13-7-15/h1-5,14-15H,6-13H2. The summed E-state index contributed by atoms with van der Waals surface area (Å²) in [6.45, 7) is 3.49. The van der Waals surface area contributed by atoms with Gasteiger partial charge in [0.1, 0.15) is 0 Å². The lowest BCUT2D eigenvalue weighted by molar-refractivity contribution is 0.0554. The van der Waals surface area contributed by atoms with Crippen molar-refractivity contribution in [2.75, 3.05) is 37.7 Å². The molecule has 0 spiro atoms. The van der Waals surface area contributed by atoms with Gasteiger partial charge in [-0.3, -0.25) is 9.69 Å². The Morgan fingerprint density at radius 1 is 1.04 bits per heavy atom. The van der Waals surface area contributed by atoms with Crippen molar-refractivity contribution in [3.05, 3.63) is 42.2 Å². The highest BCUT2D eigenvalue weighted by Crippen LogP contribution is 2.23. The molecule has 1 amide bonds. The van der Waals surface area contributed by atoms with E-state index in [1.54, 1.807) is 10.9 Å². The Labute approximate surface area is 152 Å². The van der Waals surface area contributed by atoms with Crippen LogP contribution in [0.1, 0.15) is 23.3 Å². The molecule has 0 saturated carbocycles. The third-order valence-corrected chi connectivity index (χ3v) is 6.09. The van der Waals surface area contributed by atoms with E-state index in [-0.39, 0.29) is 5.91 Å². The largest absolute Gasteiger partial charge is 0.335 e. The summed E-state index contributed by atoms with van der Waals surface area (Å²) in [6.07, 6.45) is 4.29. The summed E-state index contributed by atoms with van der Waals surface area (Å²) >= 11 is 2.06. The molecule has 1 aromatic heterocycles. The first-order valence-electron chi connectivity index (χ1n) is 8.90. The molecule has 0 bridgehead atoms.